The van der Waals surface area contributed by atoms with Crippen LogP contribution in [0.5, 0.6) is 0 Å². The van der Waals surface area contributed by atoms with Crippen LogP contribution in [0.3, 0.4) is 0 Å². The van der Waals surface area contributed by atoms with Crippen LogP contribution in [0, 0.1) is 0 Å². The van der Waals surface area contributed by atoms with Gasteiger partial charge < -0.3 is 4.98 Å². The first kappa shape index (κ1) is 13.5. The number of fused-ring (bicyclic) bond motifs is 1. The third-order valence-electron chi connectivity index (χ3n) is 3.15. The van der Waals surface area contributed by atoms with E-state index in [0.717, 1.165) is 22.8 Å². The summed E-state index contributed by atoms with van der Waals surface area (Å²) in [6.45, 7) is 0. The van der Waals surface area contributed by atoms with Crippen molar-refractivity contribution >= 4 is 52.0 Å². The third kappa shape index (κ3) is 2.10. The number of H-pyrrole nitrogens is 1. The highest BCUT2D eigenvalue weighted by molar-refractivity contribution is 6.42. The number of halogens is 3. The number of carbonyl (C=O) groups is 1. The Balaban J connectivity index is 2.33. The van der Waals surface area contributed by atoms with Gasteiger partial charge in [-0.25, -0.2) is 0 Å². The molecule has 0 bridgehead atoms. The van der Waals surface area contributed by atoms with E-state index in [1.807, 2.05) is 12.1 Å². The van der Waals surface area contributed by atoms with Gasteiger partial charge in [0.1, 0.15) is 0 Å². The predicted octanol–water partition coefficient (Wildman–Crippen LogP) is 5.61. The first-order valence-electron chi connectivity index (χ1n) is 5.82. The largest absolute Gasteiger partial charge is 0.353 e. The minimum atomic E-state index is 0.436. The van der Waals surface area contributed by atoms with Crippen LogP contribution in [0.25, 0.3) is 22.2 Å². The van der Waals surface area contributed by atoms with Crippen LogP contribution in [0.15, 0.2) is 36.4 Å². The van der Waals surface area contributed by atoms with Crippen molar-refractivity contribution < 1.29 is 4.79 Å². The van der Waals surface area contributed by atoms with Crippen molar-refractivity contribution in [1.82, 2.24) is 4.98 Å². The van der Waals surface area contributed by atoms with Crippen molar-refractivity contribution in [3.8, 4) is 11.3 Å². The summed E-state index contributed by atoms with van der Waals surface area (Å²) in [5.41, 5.74) is 2.76. The van der Waals surface area contributed by atoms with Crippen LogP contribution < -0.4 is 0 Å². The highest BCUT2D eigenvalue weighted by atomic mass is 35.5. The minimum Gasteiger partial charge on any atom is -0.353 e. The Bertz CT molecular complexity index is 823. The Kier molecular flexibility index (Phi) is 3.47. The van der Waals surface area contributed by atoms with Crippen molar-refractivity contribution in [1.29, 1.82) is 0 Å². The number of carbonyl (C=O) groups excluding carboxylic acids is 1. The molecule has 1 heterocycles. The second-order valence-corrected chi connectivity index (χ2v) is 5.54. The van der Waals surface area contributed by atoms with Crippen LogP contribution >= 0.6 is 34.8 Å². The second kappa shape index (κ2) is 5.13. The van der Waals surface area contributed by atoms with Crippen molar-refractivity contribution in [2.45, 2.75) is 0 Å². The number of benzene rings is 2. The summed E-state index contributed by atoms with van der Waals surface area (Å²) < 4.78 is 0. The highest BCUT2D eigenvalue weighted by Gasteiger charge is 2.15. The molecule has 2 nitrogen and oxygen atoms in total. The first-order valence-corrected chi connectivity index (χ1v) is 6.96. The van der Waals surface area contributed by atoms with Gasteiger partial charge >= 0.3 is 0 Å². The number of aldehydes is 1. The van der Waals surface area contributed by atoms with Crippen LogP contribution in [-0.2, 0) is 0 Å². The van der Waals surface area contributed by atoms with E-state index in [2.05, 4.69) is 4.98 Å². The number of aromatic nitrogens is 1. The van der Waals surface area contributed by atoms with Crippen molar-refractivity contribution in [2.75, 3.05) is 0 Å². The second-order valence-electron chi connectivity index (χ2n) is 4.32. The number of aromatic amines is 1. The number of para-hydroxylation sites is 1. The smallest absolute Gasteiger partial charge is 0.152 e. The maximum atomic E-state index is 11.4. The molecule has 0 fully saturated rings. The van der Waals surface area contributed by atoms with Gasteiger partial charge in [-0.1, -0.05) is 53.0 Å². The summed E-state index contributed by atoms with van der Waals surface area (Å²) in [4.78, 5) is 14.6. The Labute approximate surface area is 130 Å². The molecule has 1 N–H and O–H groups in total. The fraction of sp³-hybridized carbons (Fsp3) is 0. The zero-order valence-corrected chi connectivity index (χ0v) is 12.4. The summed E-state index contributed by atoms with van der Waals surface area (Å²) in [5, 5.41) is 2.26. The zero-order chi connectivity index (χ0) is 14.3. The van der Waals surface area contributed by atoms with E-state index in [4.69, 9.17) is 34.8 Å². The predicted molar refractivity (Wildman–Crippen MR) is 84.2 cm³/mol. The van der Waals surface area contributed by atoms with Gasteiger partial charge in [0.25, 0.3) is 0 Å². The van der Waals surface area contributed by atoms with Gasteiger partial charge in [0, 0.05) is 16.5 Å². The van der Waals surface area contributed by atoms with E-state index in [1.54, 1.807) is 24.3 Å². The lowest BCUT2D eigenvalue weighted by Crippen LogP contribution is -1.84. The molecule has 0 saturated heterocycles. The minimum absolute atomic E-state index is 0.436. The average molecular weight is 325 g/mol. The average Bonchev–Trinajstić information content (AvgIpc) is 2.82. The number of rotatable bonds is 2. The van der Waals surface area contributed by atoms with Gasteiger partial charge in [-0.2, -0.15) is 0 Å². The molecule has 3 aromatic rings. The van der Waals surface area contributed by atoms with Gasteiger partial charge in [0.15, 0.2) is 6.29 Å². The summed E-state index contributed by atoms with van der Waals surface area (Å²) in [6.07, 6.45) is 0.813. The van der Waals surface area contributed by atoms with Gasteiger partial charge in [-0.15, -0.1) is 0 Å². The fourth-order valence-corrected chi connectivity index (χ4v) is 2.72. The standard InChI is InChI=1S/C15H8Cl3NO/c16-11-5-4-8(6-13(11)18)14-10(7-20)9-2-1-3-12(17)15(9)19-14/h1-7,19H. The molecule has 20 heavy (non-hydrogen) atoms. The number of hydrogen-bond acceptors (Lipinski definition) is 1. The number of hydrogen-bond donors (Lipinski definition) is 1. The van der Waals surface area contributed by atoms with E-state index in [-0.39, 0.29) is 0 Å². The van der Waals surface area contributed by atoms with E-state index in [9.17, 15) is 4.79 Å². The van der Waals surface area contributed by atoms with Crippen LogP contribution in [0.2, 0.25) is 15.1 Å². The molecule has 0 amide bonds. The molecule has 1 aromatic heterocycles. The maximum absolute atomic E-state index is 11.4. The van der Waals surface area contributed by atoms with Crippen LogP contribution in [-0.4, -0.2) is 11.3 Å². The van der Waals surface area contributed by atoms with E-state index in [1.165, 1.54) is 0 Å². The van der Waals surface area contributed by atoms with Crippen molar-refractivity contribution in [2.24, 2.45) is 0 Å². The Morgan fingerprint density at radius 3 is 2.45 bits per heavy atom. The molecule has 0 unspecified atom stereocenters. The molecule has 3 rings (SSSR count). The highest BCUT2D eigenvalue weighted by Crippen LogP contribution is 2.35. The molecule has 0 aliphatic rings. The van der Waals surface area contributed by atoms with Crippen molar-refractivity contribution in [3.63, 3.8) is 0 Å². The molecule has 0 aliphatic heterocycles. The van der Waals surface area contributed by atoms with E-state index in [0.29, 0.717) is 26.3 Å². The Morgan fingerprint density at radius 2 is 1.75 bits per heavy atom. The topological polar surface area (TPSA) is 32.9 Å². The molecule has 100 valence electrons. The molecule has 0 saturated carbocycles. The van der Waals surface area contributed by atoms with Gasteiger partial charge in [0.2, 0.25) is 0 Å². The molecule has 0 atom stereocenters. The van der Waals surface area contributed by atoms with Crippen LogP contribution in [0.1, 0.15) is 10.4 Å². The van der Waals surface area contributed by atoms with Crippen molar-refractivity contribution in [3.05, 3.63) is 57.0 Å². The lowest BCUT2D eigenvalue weighted by Gasteiger charge is -2.02. The molecule has 2 aromatic carbocycles. The van der Waals surface area contributed by atoms with Crippen LogP contribution in [0.4, 0.5) is 0 Å². The molecule has 0 spiro atoms. The molecular weight excluding hydrogens is 317 g/mol. The fourth-order valence-electron chi connectivity index (χ4n) is 2.20. The van der Waals surface area contributed by atoms with Gasteiger partial charge in [-0.3, -0.25) is 4.79 Å². The monoisotopic (exact) mass is 323 g/mol. The van der Waals surface area contributed by atoms with E-state index < -0.39 is 0 Å². The lowest BCUT2D eigenvalue weighted by atomic mass is 10.1. The number of nitrogens with one attached hydrogen (secondary N) is 1. The van der Waals surface area contributed by atoms with E-state index >= 15 is 0 Å². The normalized spacial score (nSPS) is 10.9. The van der Waals surface area contributed by atoms with Gasteiger partial charge in [-0.05, 0) is 18.2 Å². The quantitative estimate of drug-likeness (QED) is 0.611. The molecule has 5 heteroatoms. The Morgan fingerprint density at radius 1 is 0.950 bits per heavy atom. The summed E-state index contributed by atoms with van der Waals surface area (Å²) in [6, 6.07) is 10.6. The summed E-state index contributed by atoms with van der Waals surface area (Å²) >= 11 is 18.1. The molecule has 0 radical (unpaired) electrons. The zero-order valence-electron chi connectivity index (χ0n) is 10.1. The maximum Gasteiger partial charge on any atom is 0.152 e. The summed E-state index contributed by atoms with van der Waals surface area (Å²) in [5.74, 6) is 0. The lowest BCUT2D eigenvalue weighted by molar-refractivity contribution is 0.112. The SMILES string of the molecule is O=Cc1c(-c2ccc(Cl)c(Cl)c2)[nH]c2c(Cl)cccc12. The third-order valence-corrected chi connectivity index (χ3v) is 4.20. The Hall–Kier alpha value is -1.48. The van der Waals surface area contributed by atoms with Gasteiger partial charge in [0.05, 0.1) is 26.3 Å². The summed E-state index contributed by atoms with van der Waals surface area (Å²) in [7, 11) is 0. The molecule has 0 aliphatic carbocycles. The molecular formula is C15H8Cl3NO. The first-order chi connectivity index (χ1) is 9.61.